The molecule has 1 aromatic heterocycles. The maximum atomic E-state index is 12.5. The first-order valence-corrected chi connectivity index (χ1v) is 10.5. The van der Waals surface area contributed by atoms with Crippen molar-refractivity contribution in [2.45, 2.75) is 31.7 Å². The van der Waals surface area contributed by atoms with E-state index >= 15 is 0 Å². The van der Waals surface area contributed by atoms with Crippen LogP contribution in [0.4, 0.5) is 11.4 Å². The van der Waals surface area contributed by atoms with Crippen LogP contribution in [0.2, 0.25) is 0 Å². The van der Waals surface area contributed by atoms with Gasteiger partial charge in [-0.05, 0) is 84.1 Å². The molecule has 0 spiro atoms. The van der Waals surface area contributed by atoms with Gasteiger partial charge in [0.2, 0.25) is 11.8 Å². The average molecular weight is 471 g/mol. The quantitative estimate of drug-likeness (QED) is 0.440. The third-order valence-electron chi connectivity index (χ3n) is 4.99. The Morgan fingerprint density at radius 1 is 0.967 bits per heavy atom. The SMILES string of the molecule is C=CC(=O)N[C@H]1CC[C@H](C(=O)Nc2ccc(NC(=O)c3cccc(Br)n3)cc2)CC1. The van der Waals surface area contributed by atoms with E-state index < -0.39 is 0 Å². The molecule has 3 rings (SSSR count). The van der Waals surface area contributed by atoms with Crippen LogP contribution >= 0.6 is 15.9 Å². The van der Waals surface area contributed by atoms with Gasteiger partial charge < -0.3 is 16.0 Å². The number of halogens is 1. The fourth-order valence-corrected chi connectivity index (χ4v) is 3.71. The summed E-state index contributed by atoms with van der Waals surface area (Å²) in [5.74, 6) is -0.596. The molecule has 2 aromatic rings. The summed E-state index contributed by atoms with van der Waals surface area (Å²) in [7, 11) is 0. The van der Waals surface area contributed by atoms with E-state index in [1.54, 1.807) is 42.5 Å². The van der Waals surface area contributed by atoms with E-state index in [2.05, 4.69) is 43.4 Å². The predicted molar refractivity (Wildman–Crippen MR) is 119 cm³/mol. The normalized spacial score (nSPS) is 18.2. The summed E-state index contributed by atoms with van der Waals surface area (Å²) >= 11 is 3.24. The van der Waals surface area contributed by atoms with Crippen molar-refractivity contribution in [2.24, 2.45) is 5.92 Å². The molecule has 0 atom stereocenters. The summed E-state index contributed by atoms with van der Waals surface area (Å²) in [6, 6.07) is 12.2. The topological polar surface area (TPSA) is 100 Å². The molecule has 0 aliphatic heterocycles. The van der Waals surface area contributed by atoms with Crippen LogP contribution < -0.4 is 16.0 Å². The predicted octanol–water partition coefficient (Wildman–Crippen LogP) is 3.90. The van der Waals surface area contributed by atoms with Gasteiger partial charge in [-0.3, -0.25) is 14.4 Å². The van der Waals surface area contributed by atoms with Crippen molar-refractivity contribution in [2.75, 3.05) is 10.6 Å². The molecule has 1 aromatic carbocycles. The van der Waals surface area contributed by atoms with Gasteiger partial charge in [0.05, 0.1) is 0 Å². The Balaban J connectivity index is 1.49. The number of benzene rings is 1. The second-order valence-electron chi connectivity index (χ2n) is 7.13. The smallest absolute Gasteiger partial charge is 0.274 e. The van der Waals surface area contributed by atoms with Gasteiger partial charge >= 0.3 is 0 Å². The molecule has 0 radical (unpaired) electrons. The number of pyridine rings is 1. The van der Waals surface area contributed by atoms with Crippen LogP contribution in [0.5, 0.6) is 0 Å². The standard InChI is InChI=1S/C22H23BrN4O3/c1-2-20(28)24-15-8-6-14(7-9-15)21(29)25-16-10-12-17(13-11-16)26-22(30)18-4-3-5-19(23)27-18/h2-5,10-15H,1,6-9H2,(H,24,28)(H,25,29)(H,26,30)/t14-,15-. The second kappa shape index (κ2) is 10.2. The van der Waals surface area contributed by atoms with Gasteiger partial charge in [-0.2, -0.15) is 0 Å². The average Bonchev–Trinajstić information content (AvgIpc) is 2.75. The molecular weight excluding hydrogens is 448 g/mol. The zero-order valence-corrected chi connectivity index (χ0v) is 17.9. The van der Waals surface area contributed by atoms with E-state index in [9.17, 15) is 14.4 Å². The number of aromatic nitrogens is 1. The summed E-state index contributed by atoms with van der Waals surface area (Å²) in [6.45, 7) is 3.45. The van der Waals surface area contributed by atoms with Crippen molar-refractivity contribution >= 4 is 45.0 Å². The molecule has 1 aliphatic rings. The van der Waals surface area contributed by atoms with Crippen LogP contribution in [0.25, 0.3) is 0 Å². The minimum Gasteiger partial charge on any atom is -0.350 e. The third kappa shape index (κ3) is 6.00. The molecule has 0 bridgehead atoms. The van der Waals surface area contributed by atoms with E-state index in [4.69, 9.17) is 0 Å². The van der Waals surface area contributed by atoms with Gasteiger partial charge in [0.1, 0.15) is 10.3 Å². The summed E-state index contributed by atoms with van der Waals surface area (Å²) in [5.41, 5.74) is 1.58. The molecule has 1 saturated carbocycles. The monoisotopic (exact) mass is 470 g/mol. The molecule has 8 heteroatoms. The lowest BCUT2D eigenvalue weighted by Crippen LogP contribution is -2.38. The van der Waals surface area contributed by atoms with Gasteiger partial charge in [-0.15, -0.1) is 0 Å². The van der Waals surface area contributed by atoms with E-state index in [0.717, 1.165) is 25.7 Å². The van der Waals surface area contributed by atoms with Crippen molar-refractivity contribution in [3.63, 3.8) is 0 Å². The zero-order chi connectivity index (χ0) is 21.5. The van der Waals surface area contributed by atoms with Crippen LogP contribution in [0.15, 0.2) is 59.7 Å². The Hall–Kier alpha value is -3.00. The maximum absolute atomic E-state index is 12.5. The van der Waals surface area contributed by atoms with Crippen molar-refractivity contribution in [3.05, 3.63) is 65.4 Å². The van der Waals surface area contributed by atoms with Crippen LogP contribution in [0.1, 0.15) is 36.2 Å². The highest BCUT2D eigenvalue weighted by Crippen LogP contribution is 2.26. The summed E-state index contributed by atoms with van der Waals surface area (Å²) < 4.78 is 0.588. The maximum Gasteiger partial charge on any atom is 0.274 e. The van der Waals surface area contributed by atoms with E-state index in [1.807, 2.05) is 0 Å². The fraction of sp³-hybridized carbons (Fsp3) is 0.273. The van der Waals surface area contributed by atoms with Gasteiger partial charge in [0, 0.05) is 23.3 Å². The van der Waals surface area contributed by atoms with Gasteiger partial charge in [0.25, 0.3) is 5.91 Å². The fourth-order valence-electron chi connectivity index (χ4n) is 3.37. The summed E-state index contributed by atoms with van der Waals surface area (Å²) in [5, 5.41) is 8.59. The van der Waals surface area contributed by atoms with Crippen molar-refractivity contribution in [3.8, 4) is 0 Å². The Kier molecular flexibility index (Phi) is 7.35. The molecule has 0 saturated heterocycles. The highest BCUT2D eigenvalue weighted by Gasteiger charge is 2.26. The summed E-state index contributed by atoms with van der Waals surface area (Å²) in [6.07, 6.45) is 4.25. The number of carbonyl (C=O) groups is 3. The Morgan fingerprint density at radius 2 is 1.60 bits per heavy atom. The number of rotatable bonds is 6. The molecule has 156 valence electrons. The Bertz CT molecular complexity index is 938. The van der Waals surface area contributed by atoms with E-state index in [-0.39, 0.29) is 29.7 Å². The molecule has 0 unspecified atom stereocenters. The van der Waals surface area contributed by atoms with Crippen molar-refractivity contribution in [1.29, 1.82) is 0 Å². The summed E-state index contributed by atoms with van der Waals surface area (Å²) in [4.78, 5) is 40.3. The number of nitrogens with one attached hydrogen (secondary N) is 3. The van der Waals surface area contributed by atoms with Gasteiger partial charge in [-0.25, -0.2) is 4.98 Å². The highest BCUT2D eigenvalue weighted by atomic mass is 79.9. The third-order valence-corrected chi connectivity index (χ3v) is 5.43. The highest BCUT2D eigenvalue weighted by molar-refractivity contribution is 9.10. The number of anilines is 2. The first-order chi connectivity index (χ1) is 14.4. The number of amides is 3. The largest absolute Gasteiger partial charge is 0.350 e. The van der Waals surface area contributed by atoms with E-state index in [0.29, 0.717) is 21.7 Å². The van der Waals surface area contributed by atoms with Crippen LogP contribution in [0, 0.1) is 5.92 Å². The first-order valence-electron chi connectivity index (χ1n) is 9.72. The second-order valence-corrected chi connectivity index (χ2v) is 7.94. The molecule has 3 N–H and O–H groups in total. The van der Waals surface area contributed by atoms with Gasteiger partial charge in [-0.1, -0.05) is 12.6 Å². The number of carbonyl (C=O) groups excluding carboxylic acids is 3. The van der Waals surface area contributed by atoms with Crippen LogP contribution in [0.3, 0.4) is 0 Å². The lowest BCUT2D eigenvalue weighted by atomic mass is 9.85. The molecule has 1 fully saturated rings. The Labute approximate surface area is 183 Å². The van der Waals surface area contributed by atoms with Crippen molar-refractivity contribution < 1.29 is 14.4 Å². The number of hydrogen-bond donors (Lipinski definition) is 3. The van der Waals surface area contributed by atoms with Gasteiger partial charge in [0.15, 0.2) is 0 Å². The first kappa shape index (κ1) is 21.7. The number of hydrogen-bond acceptors (Lipinski definition) is 4. The minimum atomic E-state index is -0.312. The molecular formula is C22H23BrN4O3. The molecule has 30 heavy (non-hydrogen) atoms. The van der Waals surface area contributed by atoms with Crippen LogP contribution in [-0.2, 0) is 9.59 Å². The zero-order valence-electron chi connectivity index (χ0n) is 16.4. The van der Waals surface area contributed by atoms with Crippen LogP contribution in [-0.4, -0.2) is 28.7 Å². The lowest BCUT2D eigenvalue weighted by molar-refractivity contribution is -0.121. The Morgan fingerprint density at radius 3 is 2.20 bits per heavy atom. The van der Waals surface area contributed by atoms with Crippen molar-refractivity contribution in [1.82, 2.24) is 10.3 Å². The minimum absolute atomic E-state index is 0.0291. The molecule has 1 aliphatic carbocycles. The molecule has 7 nitrogen and oxygen atoms in total. The van der Waals surface area contributed by atoms with E-state index in [1.165, 1.54) is 6.08 Å². The molecule has 1 heterocycles. The number of nitrogens with zero attached hydrogens (tertiary/aromatic N) is 1. The lowest BCUT2D eigenvalue weighted by Gasteiger charge is -2.28. The molecule has 3 amide bonds.